The fraction of sp³-hybridized carbons (Fsp3) is 0.263. The summed E-state index contributed by atoms with van der Waals surface area (Å²) < 4.78 is 18.9. The first-order chi connectivity index (χ1) is 12.0. The topological polar surface area (TPSA) is 67.4 Å². The molecular weight excluding hydrogens is 323 g/mol. The van der Waals surface area contributed by atoms with Crippen molar-refractivity contribution in [2.24, 2.45) is 0 Å². The van der Waals surface area contributed by atoms with Gasteiger partial charge in [-0.1, -0.05) is 18.2 Å². The number of hydrogen-bond donors (Lipinski definition) is 2. The molecule has 2 amide bonds. The predicted octanol–water partition coefficient (Wildman–Crippen LogP) is 2.75. The van der Waals surface area contributed by atoms with Crippen LogP contribution in [0.25, 0.3) is 0 Å². The van der Waals surface area contributed by atoms with Crippen LogP contribution in [0.1, 0.15) is 23.5 Å². The number of anilines is 1. The van der Waals surface area contributed by atoms with Gasteiger partial charge in [-0.05, 0) is 48.7 Å². The number of amides is 2. The van der Waals surface area contributed by atoms with E-state index in [4.69, 9.17) is 4.74 Å². The molecule has 1 saturated carbocycles. The fourth-order valence-corrected chi connectivity index (χ4v) is 2.71. The Balaban J connectivity index is 1.54. The van der Waals surface area contributed by atoms with Crippen LogP contribution in [0.15, 0.2) is 42.5 Å². The summed E-state index contributed by atoms with van der Waals surface area (Å²) in [5.41, 5.74) is 1.81. The van der Waals surface area contributed by atoms with E-state index in [9.17, 15) is 14.0 Å². The number of ether oxygens (including phenoxy) is 1. The van der Waals surface area contributed by atoms with E-state index in [0.29, 0.717) is 0 Å². The van der Waals surface area contributed by atoms with Crippen molar-refractivity contribution in [1.29, 1.82) is 0 Å². The van der Waals surface area contributed by atoms with Gasteiger partial charge in [0.1, 0.15) is 11.6 Å². The van der Waals surface area contributed by atoms with Crippen molar-refractivity contribution in [3.63, 3.8) is 0 Å². The molecule has 0 saturated heterocycles. The van der Waals surface area contributed by atoms with E-state index in [1.165, 1.54) is 12.1 Å². The number of benzene rings is 2. The summed E-state index contributed by atoms with van der Waals surface area (Å²) in [4.78, 5) is 23.9. The molecule has 0 spiro atoms. The lowest BCUT2D eigenvalue weighted by Crippen LogP contribution is -2.37. The van der Waals surface area contributed by atoms with Crippen molar-refractivity contribution < 1.29 is 18.7 Å². The molecule has 0 bridgehead atoms. The molecule has 0 aliphatic heterocycles. The largest absolute Gasteiger partial charge is 0.497 e. The number of aryl methyl sites for hydroxylation is 1. The number of halogens is 1. The first kappa shape index (κ1) is 17.0. The van der Waals surface area contributed by atoms with Gasteiger partial charge in [-0.25, -0.2) is 4.39 Å². The zero-order chi connectivity index (χ0) is 18.0. The monoisotopic (exact) mass is 342 g/mol. The van der Waals surface area contributed by atoms with Crippen LogP contribution in [0, 0.1) is 12.7 Å². The highest BCUT2D eigenvalue weighted by Crippen LogP contribution is 2.41. The minimum absolute atomic E-state index is 0.00625. The van der Waals surface area contributed by atoms with E-state index in [0.717, 1.165) is 23.3 Å². The molecule has 1 aliphatic carbocycles. The smallest absolute Gasteiger partial charge is 0.313 e. The Morgan fingerprint density at radius 2 is 1.84 bits per heavy atom. The van der Waals surface area contributed by atoms with Crippen LogP contribution >= 0.6 is 0 Å². The predicted molar refractivity (Wildman–Crippen MR) is 92.0 cm³/mol. The maximum absolute atomic E-state index is 13.7. The van der Waals surface area contributed by atoms with Crippen LogP contribution in [-0.2, 0) is 9.59 Å². The van der Waals surface area contributed by atoms with Gasteiger partial charge < -0.3 is 15.4 Å². The Morgan fingerprint density at radius 3 is 2.48 bits per heavy atom. The lowest BCUT2D eigenvalue weighted by Gasteiger charge is -2.08. The van der Waals surface area contributed by atoms with Crippen LogP contribution in [-0.4, -0.2) is 25.0 Å². The van der Waals surface area contributed by atoms with Crippen LogP contribution in [0.5, 0.6) is 5.75 Å². The van der Waals surface area contributed by atoms with E-state index in [-0.39, 0.29) is 17.6 Å². The molecule has 0 heterocycles. The molecular formula is C19H19FN2O3. The SMILES string of the molecule is COc1ccc([C@@H]2C[C@@H]2NC(=O)C(=O)Nc2ccc(C)cc2F)cc1. The molecule has 130 valence electrons. The number of rotatable bonds is 4. The van der Waals surface area contributed by atoms with Crippen molar-refractivity contribution in [3.8, 4) is 5.75 Å². The third-order valence-electron chi connectivity index (χ3n) is 4.23. The highest BCUT2D eigenvalue weighted by atomic mass is 19.1. The lowest BCUT2D eigenvalue weighted by atomic mass is 10.1. The van der Waals surface area contributed by atoms with Gasteiger partial charge in [0.05, 0.1) is 12.8 Å². The second-order valence-corrected chi connectivity index (χ2v) is 6.13. The van der Waals surface area contributed by atoms with E-state index in [1.807, 2.05) is 24.3 Å². The van der Waals surface area contributed by atoms with Gasteiger partial charge >= 0.3 is 11.8 Å². The fourth-order valence-electron chi connectivity index (χ4n) is 2.71. The molecule has 1 fully saturated rings. The second-order valence-electron chi connectivity index (χ2n) is 6.13. The minimum atomic E-state index is -0.872. The van der Waals surface area contributed by atoms with Crippen molar-refractivity contribution in [3.05, 3.63) is 59.4 Å². The van der Waals surface area contributed by atoms with Crippen LogP contribution in [0.4, 0.5) is 10.1 Å². The molecule has 0 radical (unpaired) electrons. The number of nitrogens with one attached hydrogen (secondary N) is 2. The number of methoxy groups -OCH3 is 1. The third-order valence-corrected chi connectivity index (χ3v) is 4.23. The average molecular weight is 342 g/mol. The van der Waals surface area contributed by atoms with E-state index in [1.54, 1.807) is 20.1 Å². The molecule has 1 aliphatic rings. The van der Waals surface area contributed by atoms with Crippen molar-refractivity contribution in [2.45, 2.75) is 25.3 Å². The van der Waals surface area contributed by atoms with E-state index in [2.05, 4.69) is 10.6 Å². The molecule has 5 nitrogen and oxygen atoms in total. The number of carbonyl (C=O) groups excluding carboxylic acids is 2. The molecule has 2 atom stereocenters. The van der Waals surface area contributed by atoms with Crippen molar-refractivity contribution in [2.75, 3.05) is 12.4 Å². The average Bonchev–Trinajstić information content (AvgIpc) is 3.36. The minimum Gasteiger partial charge on any atom is -0.497 e. The second kappa shape index (κ2) is 6.93. The number of carbonyl (C=O) groups is 2. The Hall–Kier alpha value is -2.89. The van der Waals surface area contributed by atoms with Crippen molar-refractivity contribution in [1.82, 2.24) is 5.32 Å². The van der Waals surface area contributed by atoms with Gasteiger partial charge in [0, 0.05) is 12.0 Å². The highest BCUT2D eigenvalue weighted by molar-refractivity contribution is 6.39. The summed E-state index contributed by atoms with van der Waals surface area (Å²) in [5.74, 6) is -1.25. The summed E-state index contributed by atoms with van der Waals surface area (Å²) >= 11 is 0. The summed E-state index contributed by atoms with van der Waals surface area (Å²) in [6.07, 6.45) is 0.768. The summed E-state index contributed by atoms with van der Waals surface area (Å²) in [5, 5.41) is 4.97. The van der Waals surface area contributed by atoms with Crippen LogP contribution in [0.3, 0.4) is 0 Å². The molecule has 0 unspecified atom stereocenters. The lowest BCUT2D eigenvalue weighted by molar-refractivity contribution is -0.136. The standard InChI is InChI=1S/C19H19FN2O3/c1-11-3-8-16(15(20)9-11)21-18(23)19(24)22-17-10-14(17)12-4-6-13(25-2)7-5-12/h3-9,14,17H,10H2,1-2H3,(H,21,23)(H,22,24)/t14-,17-/m0/s1. The summed E-state index contributed by atoms with van der Waals surface area (Å²) in [6, 6.07) is 11.9. The van der Waals surface area contributed by atoms with Gasteiger partial charge in [0.15, 0.2) is 0 Å². The first-order valence-electron chi connectivity index (χ1n) is 8.00. The van der Waals surface area contributed by atoms with Gasteiger partial charge in [0.25, 0.3) is 0 Å². The van der Waals surface area contributed by atoms with Crippen LogP contribution in [0.2, 0.25) is 0 Å². The Kier molecular flexibility index (Phi) is 4.70. The maximum Gasteiger partial charge on any atom is 0.313 e. The quantitative estimate of drug-likeness (QED) is 0.840. The normalized spacial score (nSPS) is 18.4. The zero-order valence-corrected chi connectivity index (χ0v) is 14.0. The zero-order valence-electron chi connectivity index (χ0n) is 14.0. The Bertz CT molecular complexity index is 805. The van der Waals surface area contributed by atoms with E-state index < -0.39 is 17.6 Å². The maximum atomic E-state index is 13.7. The molecule has 2 aromatic rings. The highest BCUT2D eigenvalue weighted by Gasteiger charge is 2.40. The van der Waals surface area contributed by atoms with Gasteiger partial charge in [-0.3, -0.25) is 9.59 Å². The van der Waals surface area contributed by atoms with Gasteiger partial charge in [0.2, 0.25) is 0 Å². The van der Waals surface area contributed by atoms with Crippen molar-refractivity contribution >= 4 is 17.5 Å². The summed E-state index contributed by atoms with van der Waals surface area (Å²) in [6.45, 7) is 1.74. The number of hydrogen-bond acceptors (Lipinski definition) is 3. The molecule has 2 N–H and O–H groups in total. The molecule has 3 rings (SSSR count). The molecule has 2 aromatic carbocycles. The molecule has 6 heteroatoms. The van der Waals surface area contributed by atoms with Gasteiger partial charge in [-0.15, -0.1) is 0 Å². The molecule has 0 aromatic heterocycles. The Labute approximate surface area is 145 Å². The van der Waals surface area contributed by atoms with Crippen LogP contribution < -0.4 is 15.4 Å². The Morgan fingerprint density at radius 1 is 1.12 bits per heavy atom. The first-order valence-corrected chi connectivity index (χ1v) is 8.00. The van der Waals surface area contributed by atoms with Gasteiger partial charge in [-0.2, -0.15) is 0 Å². The summed E-state index contributed by atoms with van der Waals surface area (Å²) in [7, 11) is 1.60. The third kappa shape index (κ3) is 3.96. The molecule has 25 heavy (non-hydrogen) atoms. The van der Waals surface area contributed by atoms with E-state index >= 15 is 0 Å².